The van der Waals surface area contributed by atoms with Crippen LogP contribution >= 0.6 is 0 Å². The van der Waals surface area contributed by atoms with Crippen molar-refractivity contribution in [3.05, 3.63) is 18.2 Å². The smallest absolute Gasteiger partial charge is 0.307 e. The average Bonchev–Trinajstić information content (AvgIpc) is 2.51. The molecule has 0 aliphatic rings. The van der Waals surface area contributed by atoms with Crippen LogP contribution in [0.5, 0.6) is 0 Å². The first-order valence-corrected chi connectivity index (χ1v) is 4.52. The summed E-state index contributed by atoms with van der Waals surface area (Å²) in [7, 11) is 1.84. The Morgan fingerprint density at radius 3 is 3.00 bits per heavy atom. The summed E-state index contributed by atoms with van der Waals surface area (Å²) >= 11 is 0. The van der Waals surface area contributed by atoms with E-state index >= 15 is 0 Å². The Bertz CT molecular complexity index is 309. The Labute approximate surface area is 82.9 Å². The van der Waals surface area contributed by atoms with Crippen LogP contribution < -0.4 is 5.73 Å². The van der Waals surface area contributed by atoms with Gasteiger partial charge in [-0.15, -0.1) is 0 Å². The number of ether oxygens (including phenoxy) is 1. The summed E-state index contributed by atoms with van der Waals surface area (Å²) in [4.78, 5) is 15.1. The first kappa shape index (κ1) is 10.7. The number of rotatable bonds is 4. The molecule has 0 saturated carbocycles. The number of hydrogen-bond acceptors (Lipinski definition) is 4. The van der Waals surface area contributed by atoms with E-state index in [9.17, 15) is 4.79 Å². The molecule has 14 heavy (non-hydrogen) atoms. The van der Waals surface area contributed by atoms with Gasteiger partial charge >= 0.3 is 5.97 Å². The highest BCUT2D eigenvalue weighted by Crippen LogP contribution is 2.12. The third-order valence-corrected chi connectivity index (χ3v) is 1.93. The molecule has 0 bridgehead atoms. The minimum Gasteiger partial charge on any atom is -0.466 e. The molecule has 5 heteroatoms. The van der Waals surface area contributed by atoms with E-state index in [4.69, 9.17) is 10.5 Å². The van der Waals surface area contributed by atoms with Crippen LogP contribution in [0, 0.1) is 0 Å². The molecule has 1 atom stereocenters. The molecular formula is C9H15N3O2. The second-order valence-corrected chi connectivity index (χ2v) is 3.05. The van der Waals surface area contributed by atoms with Crippen molar-refractivity contribution in [1.82, 2.24) is 9.55 Å². The standard InChI is InChI=1S/C9H15N3O2/c1-3-14-9(13)4-7(10)8-5-11-6-12(8)2/h5-7H,3-4,10H2,1-2H3/t7-/m1/s1. The second-order valence-electron chi connectivity index (χ2n) is 3.05. The fourth-order valence-corrected chi connectivity index (χ4v) is 1.23. The number of nitrogens with zero attached hydrogens (tertiary/aromatic N) is 2. The maximum Gasteiger partial charge on any atom is 0.307 e. The molecule has 0 saturated heterocycles. The summed E-state index contributed by atoms with van der Waals surface area (Å²) in [6.07, 6.45) is 3.50. The Hall–Kier alpha value is -1.36. The molecule has 0 aliphatic carbocycles. The van der Waals surface area contributed by atoms with Crippen molar-refractivity contribution in [1.29, 1.82) is 0 Å². The molecule has 0 aromatic carbocycles. The van der Waals surface area contributed by atoms with Gasteiger partial charge < -0.3 is 15.0 Å². The van der Waals surface area contributed by atoms with E-state index in [1.807, 2.05) is 7.05 Å². The Morgan fingerprint density at radius 2 is 2.50 bits per heavy atom. The van der Waals surface area contributed by atoms with Crippen molar-refractivity contribution in [3.63, 3.8) is 0 Å². The number of carbonyl (C=O) groups excluding carboxylic acids is 1. The molecule has 78 valence electrons. The van der Waals surface area contributed by atoms with Gasteiger partial charge in [-0.05, 0) is 6.92 Å². The number of aryl methyl sites for hydroxylation is 1. The van der Waals surface area contributed by atoms with Crippen molar-refractivity contribution in [3.8, 4) is 0 Å². The summed E-state index contributed by atoms with van der Waals surface area (Å²) in [5.41, 5.74) is 6.64. The van der Waals surface area contributed by atoms with Crippen molar-refractivity contribution in [2.24, 2.45) is 12.8 Å². The molecular weight excluding hydrogens is 182 g/mol. The molecule has 1 aromatic heterocycles. The molecule has 1 rings (SSSR count). The van der Waals surface area contributed by atoms with E-state index in [1.54, 1.807) is 24.0 Å². The number of imidazole rings is 1. The maximum atomic E-state index is 11.1. The second kappa shape index (κ2) is 4.76. The summed E-state index contributed by atoms with van der Waals surface area (Å²) in [5, 5.41) is 0. The molecule has 0 spiro atoms. The zero-order chi connectivity index (χ0) is 10.6. The first-order chi connectivity index (χ1) is 6.65. The van der Waals surface area contributed by atoms with Gasteiger partial charge in [-0.2, -0.15) is 0 Å². The number of nitrogens with two attached hydrogens (primary N) is 1. The lowest BCUT2D eigenvalue weighted by Crippen LogP contribution is -2.19. The van der Waals surface area contributed by atoms with Gasteiger partial charge in [0.1, 0.15) is 0 Å². The lowest BCUT2D eigenvalue weighted by atomic mass is 10.1. The highest BCUT2D eigenvalue weighted by Gasteiger charge is 2.14. The summed E-state index contributed by atoms with van der Waals surface area (Å²) in [5.74, 6) is -0.277. The summed E-state index contributed by atoms with van der Waals surface area (Å²) in [6, 6.07) is -0.346. The average molecular weight is 197 g/mol. The van der Waals surface area contributed by atoms with Gasteiger partial charge in [-0.1, -0.05) is 0 Å². The number of esters is 1. The van der Waals surface area contributed by atoms with Gasteiger partial charge in [-0.3, -0.25) is 4.79 Å². The van der Waals surface area contributed by atoms with Crippen LogP contribution in [0.3, 0.4) is 0 Å². The van der Waals surface area contributed by atoms with Crippen LogP contribution in [0.15, 0.2) is 12.5 Å². The normalized spacial score (nSPS) is 12.5. The SMILES string of the molecule is CCOC(=O)C[C@@H](N)c1cncn1C. The van der Waals surface area contributed by atoms with Crippen LogP contribution in [0.4, 0.5) is 0 Å². The third-order valence-electron chi connectivity index (χ3n) is 1.93. The zero-order valence-electron chi connectivity index (χ0n) is 8.43. The lowest BCUT2D eigenvalue weighted by Gasteiger charge is -2.10. The maximum absolute atomic E-state index is 11.1. The van der Waals surface area contributed by atoms with Gasteiger partial charge in [0.15, 0.2) is 0 Å². The van der Waals surface area contributed by atoms with Crippen LogP contribution in [0.25, 0.3) is 0 Å². The van der Waals surface area contributed by atoms with E-state index in [0.717, 1.165) is 5.69 Å². The minimum absolute atomic E-state index is 0.188. The van der Waals surface area contributed by atoms with Crippen LogP contribution in [0.1, 0.15) is 25.1 Å². The van der Waals surface area contributed by atoms with Crippen molar-refractivity contribution >= 4 is 5.97 Å². The van der Waals surface area contributed by atoms with Crippen LogP contribution in [-0.2, 0) is 16.6 Å². The molecule has 2 N–H and O–H groups in total. The van der Waals surface area contributed by atoms with E-state index in [-0.39, 0.29) is 18.4 Å². The van der Waals surface area contributed by atoms with Crippen molar-refractivity contribution < 1.29 is 9.53 Å². The van der Waals surface area contributed by atoms with Gasteiger partial charge in [-0.25, -0.2) is 4.98 Å². The molecule has 0 fully saturated rings. The van der Waals surface area contributed by atoms with E-state index in [2.05, 4.69) is 4.98 Å². The Morgan fingerprint density at radius 1 is 1.79 bits per heavy atom. The molecule has 0 radical (unpaired) electrons. The number of hydrogen-bond donors (Lipinski definition) is 1. The largest absolute Gasteiger partial charge is 0.466 e. The summed E-state index contributed by atoms with van der Waals surface area (Å²) in [6.45, 7) is 2.16. The first-order valence-electron chi connectivity index (χ1n) is 4.52. The molecule has 1 heterocycles. The highest BCUT2D eigenvalue weighted by atomic mass is 16.5. The van der Waals surface area contributed by atoms with E-state index in [1.165, 1.54) is 0 Å². The zero-order valence-corrected chi connectivity index (χ0v) is 8.43. The Balaban J connectivity index is 2.54. The predicted molar refractivity (Wildman–Crippen MR) is 51.4 cm³/mol. The van der Waals surface area contributed by atoms with Crippen LogP contribution in [-0.4, -0.2) is 22.1 Å². The number of carbonyl (C=O) groups is 1. The fraction of sp³-hybridized carbons (Fsp3) is 0.556. The quantitative estimate of drug-likeness (QED) is 0.708. The molecule has 0 amide bonds. The fourth-order valence-electron chi connectivity index (χ4n) is 1.23. The van der Waals surface area contributed by atoms with Gasteiger partial charge in [0.05, 0.1) is 31.1 Å². The van der Waals surface area contributed by atoms with Gasteiger partial charge in [0.2, 0.25) is 0 Å². The van der Waals surface area contributed by atoms with Crippen LogP contribution in [0.2, 0.25) is 0 Å². The van der Waals surface area contributed by atoms with Gasteiger partial charge in [0, 0.05) is 13.2 Å². The summed E-state index contributed by atoms with van der Waals surface area (Å²) < 4.78 is 6.60. The van der Waals surface area contributed by atoms with Gasteiger partial charge in [0.25, 0.3) is 0 Å². The lowest BCUT2D eigenvalue weighted by molar-refractivity contribution is -0.143. The van der Waals surface area contributed by atoms with Crippen molar-refractivity contribution in [2.45, 2.75) is 19.4 Å². The molecule has 1 aromatic rings. The molecule has 5 nitrogen and oxygen atoms in total. The Kier molecular flexibility index (Phi) is 3.64. The molecule has 0 aliphatic heterocycles. The van der Waals surface area contributed by atoms with E-state index < -0.39 is 0 Å². The van der Waals surface area contributed by atoms with Crippen molar-refractivity contribution in [2.75, 3.05) is 6.61 Å². The monoisotopic (exact) mass is 197 g/mol. The predicted octanol–water partition coefficient (Wildman–Crippen LogP) is 0.373. The third kappa shape index (κ3) is 2.56. The topological polar surface area (TPSA) is 70.1 Å². The van der Waals surface area contributed by atoms with E-state index in [0.29, 0.717) is 6.61 Å². The highest BCUT2D eigenvalue weighted by molar-refractivity contribution is 5.70. The molecule has 0 unspecified atom stereocenters. The number of aromatic nitrogens is 2. The minimum atomic E-state index is -0.346.